The van der Waals surface area contributed by atoms with Crippen LogP contribution in [0, 0.1) is 5.92 Å². The van der Waals surface area contributed by atoms with Crippen LogP contribution in [-0.2, 0) is 28.8 Å². The van der Waals surface area contributed by atoms with Gasteiger partial charge in [-0.15, -0.1) is 0 Å². The number of rotatable bonds is 33. The fraction of sp³-hybridized carbons (Fsp3) is 0.812. The molecule has 0 aliphatic heterocycles. The van der Waals surface area contributed by atoms with Crippen molar-refractivity contribution < 1.29 is 54.3 Å². The van der Waals surface area contributed by atoms with Gasteiger partial charge in [0.2, 0.25) is 5.91 Å². The van der Waals surface area contributed by atoms with Crippen LogP contribution in [0.2, 0.25) is 0 Å². The van der Waals surface area contributed by atoms with Gasteiger partial charge in [-0.3, -0.25) is 43.5 Å². The topological polar surface area (TPSA) is 239 Å². The normalized spacial score (nSPS) is 12.8. The van der Waals surface area contributed by atoms with Crippen LogP contribution in [0.1, 0.15) is 103 Å². The summed E-state index contributed by atoms with van der Waals surface area (Å²) in [6.07, 6.45) is 12.8. The van der Waals surface area contributed by atoms with Crippen molar-refractivity contribution in [1.29, 1.82) is 0 Å². The molecule has 0 aliphatic rings. The Hall–Kier alpha value is -3.30. The molecule has 0 fully saturated rings. The lowest BCUT2D eigenvalue weighted by Crippen LogP contribution is -2.53. The Balaban J connectivity index is 5.58. The number of primary amides is 1. The first-order valence-corrected chi connectivity index (χ1v) is 16.8. The number of amides is 1. The van der Waals surface area contributed by atoms with Gasteiger partial charge in [0.05, 0.1) is 32.2 Å². The highest BCUT2D eigenvalue weighted by atomic mass is 16.4. The van der Waals surface area contributed by atoms with Crippen molar-refractivity contribution >= 4 is 35.8 Å². The van der Waals surface area contributed by atoms with Crippen molar-refractivity contribution in [3.63, 3.8) is 0 Å². The Bertz CT molecular complexity index is 934. The number of aliphatic carboxylic acids is 5. The van der Waals surface area contributed by atoms with E-state index in [9.17, 15) is 39.0 Å². The highest BCUT2D eigenvalue weighted by Gasteiger charge is 2.33. The van der Waals surface area contributed by atoms with Gasteiger partial charge in [0.1, 0.15) is 0 Å². The quantitative estimate of drug-likeness (QED) is 0.0549. The van der Waals surface area contributed by atoms with Crippen molar-refractivity contribution in [1.82, 2.24) is 14.7 Å². The molecule has 272 valence electrons. The van der Waals surface area contributed by atoms with Crippen molar-refractivity contribution in [3.8, 4) is 0 Å². The number of hydrogen-bond acceptors (Lipinski definition) is 9. The molecule has 15 heteroatoms. The minimum atomic E-state index is -1.23. The molecular formula is C32H58N4O11. The molecule has 7 N–H and O–H groups in total. The predicted molar refractivity (Wildman–Crippen MR) is 174 cm³/mol. The van der Waals surface area contributed by atoms with Crippen LogP contribution < -0.4 is 5.73 Å². The maximum absolute atomic E-state index is 12.9. The summed E-state index contributed by atoms with van der Waals surface area (Å²) >= 11 is 0. The SMILES string of the molecule is CCCCCCC(CCCCCCCCCCC(=O)O)C(C(N)=O)N(CCN(CCN(CC(=O)O)CC(=O)O)CC(=O)O)CC(=O)O. The Morgan fingerprint density at radius 2 is 0.915 bits per heavy atom. The summed E-state index contributed by atoms with van der Waals surface area (Å²) in [5.74, 6) is -6.42. The number of nitrogens with two attached hydrogens (primary N) is 1. The van der Waals surface area contributed by atoms with E-state index in [4.69, 9.17) is 21.1 Å². The number of carboxylic acid groups (broad SMARTS) is 5. The average Bonchev–Trinajstić information content (AvgIpc) is 2.95. The smallest absolute Gasteiger partial charge is 0.317 e. The predicted octanol–water partition coefficient (Wildman–Crippen LogP) is 2.66. The van der Waals surface area contributed by atoms with Gasteiger partial charge in [-0.25, -0.2) is 0 Å². The second-order valence-electron chi connectivity index (χ2n) is 12.2. The van der Waals surface area contributed by atoms with Gasteiger partial charge in [0.25, 0.3) is 0 Å². The molecule has 0 heterocycles. The maximum Gasteiger partial charge on any atom is 0.317 e. The van der Waals surface area contributed by atoms with Gasteiger partial charge in [-0.05, 0) is 25.2 Å². The van der Waals surface area contributed by atoms with Gasteiger partial charge in [-0.1, -0.05) is 77.6 Å². The van der Waals surface area contributed by atoms with E-state index in [0.29, 0.717) is 19.3 Å². The molecule has 0 radical (unpaired) electrons. The van der Waals surface area contributed by atoms with Gasteiger partial charge in [0, 0.05) is 32.6 Å². The number of carbonyl (C=O) groups excluding carboxylic acids is 1. The largest absolute Gasteiger partial charge is 0.481 e. The van der Waals surface area contributed by atoms with Crippen molar-refractivity contribution in [2.45, 2.75) is 109 Å². The number of carboxylic acids is 5. The number of nitrogens with zero attached hydrogens (tertiary/aromatic N) is 3. The minimum absolute atomic E-state index is 0.00894. The van der Waals surface area contributed by atoms with Gasteiger partial charge in [0.15, 0.2) is 0 Å². The van der Waals surface area contributed by atoms with E-state index in [1.54, 1.807) is 0 Å². The first-order chi connectivity index (χ1) is 22.3. The molecule has 2 unspecified atom stereocenters. The molecule has 0 rings (SSSR count). The zero-order valence-corrected chi connectivity index (χ0v) is 28.0. The molecule has 0 aliphatic carbocycles. The lowest BCUT2D eigenvalue weighted by atomic mass is 9.86. The summed E-state index contributed by atoms with van der Waals surface area (Å²) in [7, 11) is 0. The Kier molecular flexibility index (Phi) is 24.9. The molecule has 0 saturated heterocycles. The number of carbonyl (C=O) groups is 6. The average molecular weight is 675 g/mol. The molecule has 15 nitrogen and oxygen atoms in total. The third kappa shape index (κ3) is 24.5. The van der Waals surface area contributed by atoms with Crippen LogP contribution in [0.3, 0.4) is 0 Å². The summed E-state index contributed by atoms with van der Waals surface area (Å²) in [6.45, 7) is 0.0768. The van der Waals surface area contributed by atoms with E-state index in [2.05, 4.69) is 6.92 Å². The first kappa shape index (κ1) is 43.7. The van der Waals surface area contributed by atoms with E-state index in [0.717, 1.165) is 75.5 Å². The molecule has 0 aromatic heterocycles. The van der Waals surface area contributed by atoms with Crippen LogP contribution in [0.15, 0.2) is 0 Å². The molecule has 2 atom stereocenters. The lowest BCUT2D eigenvalue weighted by Gasteiger charge is -2.36. The van der Waals surface area contributed by atoms with Crippen LogP contribution >= 0.6 is 0 Å². The zero-order chi connectivity index (χ0) is 35.6. The Morgan fingerprint density at radius 3 is 1.36 bits per heavy atom. The third-order valence-electron chi connectivity index (χ3n) is 8.13. The van der Waals surface area contributed by atoms with Crippen LogP contribution in [0.4, 0.5) is 0 Å². The molecular weight excluding hydrogens is 616 g/mol. The molecule has 1 amide bonds. The Labute approximate surface area is 278 Å². The summed E-state index contributed by atoms with van der Waals surface area (Å²) < 4.78 is 0. The maximum atomic E-state index is 12.9. The van der Waals surface area contributed by atoms with Crippen molar-refractivity contribution in [3.05, 3.63) is 0 Å². The van der Waals surface area contributed by atoms with Crippen LogP contribution in [-0.4, -0.2) is 134 Å². The monoisotopic (exact) mass is 674 g/mol. The van der Waals surface area contributed by atoms with Gasteiger partial charge in [-0.2, -0.15) is 0 Å². The van der Waals surface area contributed by atoms with Gasteiger partial charge >= 0.3 is 29.8 Å². The van der Waals surface area contributed by atoms with Crippen molar-refractivity contribution in [2.24, 2.45) is 11.7 Å². The fourth-order valence-corrected chi connectivity index (χ4v) is 5.85. The molecule has 0 aromatic rings. The third-order valence-corrected chi connectivity index (χ3v) is 8.13. The minimum Gasteiger partial charge on any atom is -0.481 e. The van der Waals surface area contributed by atoms with E-state index < -0.39 is 68.0 Å². The van der Waals surface area contributed by atoms with E-state index in [-0.39, 0.29) is 38.5 Å². The zero-order valence-electron chi connectivity index (χ0n) is 28.0. The van der Waals surface area contributed by atoms with Crippen molar-refractivity contribution in [2.75, 3.05) is 52.4 Å². The van der Waals surface area contributed by atoms with E-state index in [1.807, 2.05) is 0 Å². The van der Waals surface area contributed by atoms with Crippen LogP contribution in [0.5, 0.6) is 0 Å². The summed E-state index contributed by atoms with van der Waals surface area (Å²) in [6, 6.07) is -0.885. The van der Waals surface area contributed by atoms with Gasteiger partial charge < -0.3 is 31.3 Å². The molecule has 0 bridgehead atoms. The second-order valence-corrected chi connectivity index (χ2v) is 12.2. The standard InChI is InChI=1S/C32H58N4O11/c1-2-3-4-11-14-25(15-12-9-7-5-6-8-10-13-16-26(37)38)31(32(33)47)36(24-30(45)46)20-19-34(21-27(39)40)17-18-35(22-28(41)42)23-29(43)44/h25,31H,2-24H2,1H3,(H2,33,47)(H,37,38)(H,39,40)(H,41,42)(H,43,44)(H,45,46). The van der Waals surface area contributed by atoms with Crippen LogP contribution in [0.25, 0.3) is 0 Å². The number of unbranched alkanes of at least 4 members (excludes halogenated alkanes) is 10. The highest BCUT2D eigenvalue weighted by Crippen LogP contribution is 2.26. The summed E-state index contributed by atoms with van der Waals surface area (Å²) in [5.41, 5.74) is 5.92. The Morgan fingerprint density at radius 1 is 0.511 bits per heavy atom. The molecule has 0 aromatic carbocycles. The second kappa shape index (κ2) is 26.7. The first-order valence-electron chi connectivity index (χ1n) is 16.8. The highest BCUT2D eigenvalue weighted by molar-refractivity contribution is 5.81. The number of hydrogen-bond donors (Lipinski definition) is 6. The summed E-state index contributed by atoms with van der Waals surface area (Å²) in [4.78, 5) is 73.5. The lowest BCUT2D eigenvalue weighted by molar-refractivity contribution is -0.143. The summed E-state index contributed by atoms with van der Waals surface area (Å²) in [5, 5.41) is 46.2. The fourth-order valence-electron chi connectivity index (χ4n) is 5.85. The van der Waals surface area contributed by atoms with E-state index >= 15 is 0 Å². The molecule has 47 heavy (non-hydrogen) atoms. The molecule has 0 saturated carbocycles. The van der Waals surface area contributed by atoms with E-state index in [1.165, 1.54) is 9.80 Å². The molecule has 0 spiro atoms.